The summed E-state index contributed by atoms with van der Waals surface area (Å²) in [5.41, 5.74) is 5.01. The van der Waals surface area contributed by atoms with Crippen molar-refractivity contribution in [2.24, 2.45) is 17.8 Å². The topological polar surface area (TPSA) is 38.7 Å². The maximum atomic E-state index is 9.98. The zero-order valence-electron chi connectivity index (χ0n) is 19.0. The number of hydrogen-bond donors (Lipinski definition) is 1. The van der Waals surface area contributed by atoms with E-state index < -0.39 is 6.29 Å². The van der Waals surface area contributed by atoms with Crippen molar-refractivity contribution in [3.63, 3.8) is 0 Å². The van der Waals surface area contributed by atoms with Crippen molar-refractivity contribution in [1.29, 1.82) is 0 Å². The lowest BCUT2D eigenvalue weighted by molar-refractivity contribution is -0.0768. The first-order valence-corrected chi connectivity index (χ1v) is 12.0. The van der Waals surface area contributed by atoms with Crippen LogP contribution < -0.4 is 4.74 Å². The van der Waals surface area contributed by atoms with Crippen molar-refractivity contribution in [3.8, 4) is 16.9 Å². The van der Waals surface area contributed by atoms with Gasteiger partial charge < -0.3 is 14.6 Å². The van der Waals surface area contributed by atoms with Gasteiger partial charge in [-0.25, -0.2) is 0 Å². The largest absolute Gasteiger partial charge is 0.496 e. The van der Waals surface area contributed by atoms with Crippen molar-refractivity contribution < 1.29 is 14.6 Å². The van der Waals surface area contributed by atoms with E-state index in [4.69, 9.17) is 9.47 Å². The summed E-state index contributed by atoms with van der Waals surface area (Å²) < 4.78 is 11.0. The molecule has 1 atom stereocenters. The van der Waals surface area contributed by atoms with Gasteiger partial charge in [-0.3, -0.25) is 0 Å². The van der Waals surface area contributed by atoms with Crippen LogP contribution in [0.25, 0.3) is 21.9 Å². The third-order valence-corrected chi connectivity index (χ3v) is 8.52. The molecule has 4 aliphatic carbocycles. The maximum absolute atomic E-state index is 9.98. The normalized spacial score (nSPS) is 29.4. The summed E-state index contributed by atoms with van der Waals surface area (Å²) in [5, 5.41) is 12.3. The lowest BCUT2D eigenvalue weighted by Gasteiger charge is -2.57. The Morgan fingerprint density at radius 1 is 0.781 bits per heavy atom. The minimum Gasteiger partial charge on any atom is -0.496 e. The highest BCUT2D eigenvalue weighted by molar-refractivity contribution is 5.88. The van der Waals surface area contributed by atoms with Gasteiger partial charge in [-0.15, -0.1) is 0 Å². The molecule has 4 aliphatic rings. The van der Waals surface area contributed by atoms with E-state index in [1.54, 1.807) is 0 Å². The highest BCUT2D eigenvalue weighted by Gasteiger charge is 2.52. The van der Waals surface area contributed by atoms with Gasteiger partial charge in [0.25, 0.3) is 0 Å². The van der Waals surface area contributed by atoms with Crippen LogP contribution in [0.3, 0.4) is 0 Å². The van der Waals surface area contributed by atoms with E-state index in [1.165, 1.54) is 67.7 Å². The Bertz CT molecular complexity index is 1130. The molecule has 7 rings (SSSR count). The number of hydrogen-bond acceptors (Lipinski definition) is 3. The van der Waals surface area contributed by atoms with Crippen LogP contribution in [0.15, 0.2) is 54.6 Å². The minimum atomic E-state index is -0.886. The minimum absolute atomic E-state index is 0.304. The highest BCUT2D eigenvalue weighted by Crippen LogP contribution is 2.62. The molecule has 3 nitrogen and oxygen atoms in total. The molecule has 0 heterocycles. The van der Waals surface area contributed by atoms with Crippen molar-refractivity contribution in [1.82, 2.24) is 0 Å². The van der Waals surface area contributed by atoms with E-state index in [0.717, 1.165) is 34.5 Å². The Kier molecular flexibility index (Phi) is 4.81. The molecule has 3 heteroatoms. The zero-order chi connectivity index (χ0) is 21.9. The summed E-state index contributed by atoms with van der Waals surface area (Å²) in [6.45, 7) is 0. The fourth-order valence-corrected chi connectivity index (χ4v) is 7.48. The Morgan fingerprint density at radius 2 is 1.38 bits per heavy atom. The van der Waals surface area contributed by atoms with Gasteiger partial charge in [0.1, 0.15) is 5.75 Å². The lowest BCUT2D eigenvalue weighted by atomic mass is 9.48. The van der Waals surface area contributed by atoms with Gasteiger partial charge in [0.2, 0.25) is 0 Å². The number of ether oxygens (including phenoxy) is 2. The lowest BCUT2D eigenvalue weighted by Crippen LogP contribution is -2.48. The molecule has 32 heavy (non-hydrogen) atoms. The number of rotatable bonds is 5. The van der Waals surface area contributed by atoms with Crippen molar-refractivity contribution in [3.05, 3.63) is 65.7 Å². The Balaban J connectivity index is 1.40. The van der Waals surface area contributed by atoms with Crippen molar-refractivity contribution in [2.75, 3.05) is 14.2 Å². The third kappa shape index (κ3) is 3.25. The van der Waals surface area contributed by atoms with E-state index in [-0.39, 0.29) is 0 Å². The molecule has 0 aromatic heterocycles. The number of benzene rings is 3. The summed E-state index contributed by atoms with van der Waals surface area (Å²) in [4.78, 5) is 0. The molecule has 0 aliphatic heterocycles. The maximum Gasteiger partial charge on any atom is 0.180 e. The molecular weight excluding hydrogens is 396 g/mol. The number of fused-ring (bicyclic) bond motifs is 1. The van der Waals surface area contributed by atoms with Crippen LogP contribution in [0.4, 0.5) is 0 Å². The average molecular weight is 429 g/mol. The monoisotopic (exact) mass is 428 g/mol. The second-order valence-electron chi connectivity index (χ2n) is 10.5. The SMILES string of the molecule is COc1ccc(-c2ccc3cc(C(O)OC)ccc3c2)cc1C12CC3CC(CC(C3)C1)C2. The molecule has 4 fully saturated rings. The first-order valence-electron chi connectivity index (χ1n) is 12.0. The Morgan fingerprint density at radius 3 is 2.03 bits per heavy atom. The van der Waals surface area contributed by atoms with E-state index in [9.17, 15) is 5.11 Å². The summed E-state index contributed by atoms with van der Waals surface area (Å²) in [5.74, 6) is 3.79. The first-order chi connectivity index (χ1) is 15.6. The van der Waals surface area contributed by atoms with Gasteiger partial charge in [-0.1, -0.05) is 30.3 Å². The highest BCUT2D eigenvalue weighted by atomic mass is 16.6. The number of aliphatic hydroxyl groups is 1. The van der Waals surface area contributed by atoms with Crippen LogP contribution in [-0.2, 0) is 10.2 Å². The van der Waals surface area contributed by atoms with Crippen LogP contribution in [0.2, 0.25) is 0 Å². The molecule has 166 valence electrons. The van der Waals surface area contributed by atoms with Crippen LogP contribution in [0, 0.1) is 17.8 Å². The molecular formula is C29H32O3. The standard InChI is InChI=1S/C29H32O3/c1-31-27-8-7-24(14-26(27)29-15-18-9-19(16-29)11-20(10-18)17-29)22-3-4-23-13-25(28(30)32-2)6-5-21(23)12-22/h3-8,12-14,18-20,28,30H,9-11,15-17H2,1-2H3. The molecule has 0 amide bonds. The number of methoxy groups -OCH3 is 2. The van der Waals surface area contributed by atoms with Crippen molar-refractivity contribution >= 4 is 10.8 Å². The predicted octanol–water partition coefficient (Wildman–Crippen LogP) is 6.62. The first kappa shape index (κ1) is 20.3. The molecule has 3 aromatic carbocycles. The Labute approximate surface area is 190 Å². The van der Waals surface area contributed by atoms with E-state index >= 15 is 0 Å². The fourth-order valence-electron chi connectivity index (χ4n) is 7.48. The summed E-state index contributed by atoms with van der Waals surface area (Å²) >= 11 is 0. The summed E-state index contributed by atoms with van der Waals surface area (Å²) in [6.07, 6.45) is 7.47. The van der Waals surface area contributed by atoms with E-state index in [0.29, 0.717) is 5.41 Å². The molecule has 4 saturated carbocycles. The molecule has 0 radical (unpaired) electrons. The van der Waals surface area contributed by atoms with Crippen LogP contribution >= 0.6 is 0 Å². The second-order valence-corrected chi connectivity index (χ2v) is 10.5. The molecule has 3 aromatic rings. The van der Waals surface area contributed by atoms with Gasteiger partial charge in [-0.2, -0.15) is 0 Å². The fraction of sp³-hybridized carbons (Fsp3) is 0.448. The van der Waals surface area contributed by atoms with Gasteiger partial charge in [0.05, 0.1) is 7.11 Å². The van der Waals surface area contributed by atoms with Gasteiger partial charge in [0, 0.05) is 18.2 Å². The average Bonchev–Trinajstić information content (AvgIpc) is 2.81. The second kappa shape index (κ2) is 7.60. The van der Waals surface area contributed by atoms with Gasteiger partial charge in [-0.05, 0) is 108 Å². The zero-order valence-corrected chi connectivity index (χ0v) is 19.0. The van der Waals surface area contributed by atoms with Crippen LogP contribution in [0.5, 0.6) is 5.75 Å². The molecule has 0 spiro atoms. The van der Waals surface area contributed by atoms with Crippen LogP contribution in [-0.4, -0.2) is 19.3 Å². The smallest absolute Gasteiger partial charge is 0.180 e. The Hall–Kier alpha value is -2.36. The van der Waals surface area contributed by atoms with Crippen molar-refractivity contribution in [2.45, 2.75) is 50.2 Å². The van der Waals surface area contributed by atoms with E-state index in [1.807, 2.05) is 19.2 Å². The molecule has 1 unspecified atom stereocenters. The summed E-state index contributed by atoms with van der Waals surface area (Å²) in [6, 6.07) is 19.4. The van der Waals surface area contributed by atoms with Gasteiger partial charge >= 0.3 is 0 Å². The van der Waals surface area contributed by atoms with Gasteiger partial charge in [0.15, 0.2) is 6.29 Å². The van der Waals surface area contributed by atoms with Crippen LogP contribution in [0.1, 0.15) is 55.9 Å². The quantitative estimate of drug-likeness (QED) is 0.464. The summed E-state index contributed by atoms with van der Waals surface area (Å²) in [7, 11) is 3.34. The van der Waals surface area contributed by atoms with E-state index in [2.05, 4.69) is 42.5 Å². The number of aliphatic hydroxyl groups excluding tert-OH is 1. The molecule has 0 saturated heterocycles. The molecule has 1 N–H and O–H groups in total. The third-order valence-electron chi connectivity index (χ3n) is 8.52. The predicted molar refractivity (Wildman–Crippen MR) is 128 cm³/mol. The molecule has 4 bridgehead atoms.